The first-order valence-electron chi connectivity index (χ1n) is 24.7. The first-order valence-corrected chi connectivity index (χ1v) is 25.1. The summed E-state index contributed by atoms with van der Waals surface area (Å²) in [6, 6.07) is 48.4. The van der Waals surface area contributed by atoms with Crippen LogP contribution in [0.3, 0.4) is 0 Å². The first-order chi connectivity index (χ1) is 31.8. The smallest absolute Gasteiger partial charge is 0.252 e. The second-order valence-corrected chi connectivity index (χ2v) is 24.3. The van der Waals surface area contributed by atoms with E-state index in [0.717, 1.165) is 56.9 Å². The Labute approximate surface area is 403 Å². The summed E-state index contributed by atoms with van der Waals surface area (Å²) in [6.45, 7) is 26.1. The maximum absolute atomic E-state index is 7.68. The van der Waals surface area contributed by atoms with E-state index in [2.05, 4.69) is 213 Å². The summed E-state index contributed by atoms with van der Waals surface area (Å²) >= 11 is 7.68. The summed E-state index contributed by atoms with van der Waals surface area (Å²) < 4.78 is 7.37. The number of furan rings is 1. The molecule has 3 aliphatic heterocycles. The van der Waals surface area contributed by atoms with Gasteiger partial charge in [-0.2, -0.15) is 0 Å². The Bertz CT molecular complexity index is 3310. The topological polar surface area (TPSA) is 19.6 Å². The molecule has 2 unspecified atom stereocenters. The van der Waals surface area contributed by atoms with Crippen LogP contribution in [0.1, 0.15) is 124 Å². The highest BCUT2D eigenvalue weighted by atomic mass is 35.5. The molecule has 0 bridgehead atoms. The summed E-state index contributed by atoms with van der Waals surface area (Å²) in [5.41, 5.74) is 21.5. The number of hydrogen-bond acceptors (Lipinski definition) is 3. The van der Waals surface area contributed by atoms with Crippen molar-refractivity contribution in [2.75, 3.05) is 9.80 Å². The van der Waals surface area contributed by atoms with Gasteiger partial charge in [0.2, 0.25) is 0 Å². The fraction of sp³-hybridized carbons (Fsp3) is 0.323. The Morgan fingerprint density at radius 2 is 1.15 bits per heavy atom. The number of hydrogen-bond donors (Lipinski definition) is 0. The van der Waals surface area contributed by atoms with Gasteiger partial charge in [0.1, 0.15) is 5.58 Å². The van der Waals surface area contributed by atoms with E-state index in [-0.39, 0.29) is 33.9 Å². The average Bonchev–Trinajstić information content (AvgIpc) is 3.77. The Balaban J connectivity index is 1.29. The number of nitrogens with zero attached hydrogens (tertiary/aromatic N) is 2. The van der Waals surface area contributed by atoms with E-state index in [0.29, 0.717) is 0 Å². The van der Waals surface area contributed by atoms with Crippen LogP contribution in [0.5, 0.6) is 0 Å². The van der Waals surface area contributed by atoms with Crippen molar-refractivity contribution in [1.82, 2.24) is 0 Å². The molecule has 0 spiro atoms. The number of benzene rings is 7. The number of rotatable bonds is 3. The van der Waals surface area contributed by atoms with Gasteiger partial charge in [-0.3, -0.25) is 0 Å². The maximum Gasteiger partial charge on any atom is 0.252 e. The number of anilines is 5. The van der Waals surface area contributed by atoms with Gasteiger partial charge >= 0.3 is 0 Å². The van der Waals surface area contributed by atoms with E-state index >= 15 is 0 Å². The SMILES string of the molecule is CC(C)(C)c1cc(-c2ccccc2)c(N2c3cc(Cl)cc4c3B(c3cc(C(C)(C)C)cc5c3N4C3(C)CCCCC53C)c3ccc4c(oc5ccc(C(C)(C)C)cc54)c32)c(-c2ccccc2)c1. The van der Waals surface area contributed by atoms with Crippen molar-refractivity contribution in [1.29, 1.82) is 0 Å². The average molecular weight is 897 g/mol. The molecule has 1 aliphatic carbocycles. The Hall–Kier alpha value is -5.71. The molecule has 1 aromatic heterocycles. The Morgan fingerprint density at radius 1 is 0.552 bits per heavy atom. The molecule has 0 radical (unpaired) electrons. The molecule has 67 heavy (non-hydrogen) atoms. The molecule has 336 valence electrons. The van der Waals surface area contributed by atoms with E-state index in [1.165, 1.54) is 85.1 Å². The number of fused-ring (bicyclic) bond motifs is 11. The first kappa shape index (κ1) is 42.6. The zero-order valence-corrected chi connectivity index (χ0v) is 42.0. The lowest BCUT2D eigenvalue weighted by molar-refractivity contribution is 0.195. The summed E-state index contributed by atoms with van der Waals surface area (Å²) in [5, 5.41) is 3.01. The van der Waals surface area contributed by atoms with E-state index in [9.17, 15) is 0 Å². The van der Waals surface area contributed by atoms with Crippen molar-refractivity contribution in [3.05, 3.63) is 155 Å². The second kappa shape index (κ2) is 14.2. The molecule has 0 amide bonds. The Morgan fingerprint density at radius 3 is 1.78 bits per heavy atom. The lowest BCUT2D eigenvalue weighted by Crippen LogP contribution is -2.64. The largest absolute Gasteiger partial charge is 0.454 e. The van der Waals surface area contributed by atoms with Crippen molar-refractivity contribution in [2.24, 2.45) is 0 Å². The normalized spacial score (nSPS) is 19.7. The zero-order chi connectivity index (χ0) is 46.7. The van der Waals surface area contributed by atoms with Crippen LogP contribution in [0.4, 0.5) is 28.4 Å². The molecule has 2 atom stereocenters. The molecule has 4 heterocycles. The van der Waals surface area contributed by atoms with Crippen LogP contribution in [0, 0.1) is 0 Å². The monoisotopic (exact) mass is 896 g/mol. The quantitative estimate of drug-likeness (QED) is 0.165. The molecule has 0 saturated heterocycles. The van der Waals surface area contributed by atoms with Gasteiger partial charge in [-0.05, 0) is 122 Å². The van der Waals surface area contributed by atoms with Gasteiger partial charge in [-0.15, -0.1) is 0 Å². The molecule has 1 saturated carbocycles. The number of halogens is 1. The highest BCUT2D eigenvalue weighted by Crippen LogP contribution is 2.63. The van der Waals surface area contributed by atoms with E-state index in [1.807, 2.05) is 0 Å². The predicted molar refractivity (Wildman–Crippen MR) is 288 cm³/mol. The van der Waals surface area contributed by atoms with Crippen molar-refractivity contribution < 1.29 is 4.42 Å². The molecule has 5 heteroatoms. The van der Waals surface area contributed by atoms with Crippen LogP contribution in [0.25, 0.3) is 44.2 Å². The maximum atomic E-state index is 7.68. The summed E-state index contributed by atoms with van der Waals surface area (Å²) in [6.07, 6.45) is 4.72. The van der Waals surface area contributed by atoms with Gasteiger partial charge in [-0.1, -0.05) is 185 Å². The standard InChI is InChI=1S/C62H62BClN2O/c1-58(2,3)39-24-27-52-46(30-39)43-25-26-48-56(57(43)67-52)65(54-44(37-20-14-12-15-21-37)31-40(59(4,5)6)32-45(54)38-22-16-13-17-23-38)50-35-42(64)36-51-53(50)63(48)49-34-41(60(7,8)9)33-47-55(49)66(51)62(11)29-19-18-28-61(47,62)10/h12-17,20-27,30-36H,18-19,28-29H2,1-11H3. The lowest BCUT2D eigenvalue weighted by Gasteiger charge is -2.52. The lowest BCUT2D eigenvalue weighted by atomic mass is 9.33. The van der Waals surface area contributed by atoms with Crippen LogP contribution in [-0.4, -0.2) is 12.3 Å². The molecule has 7 aromatic carbocycles. The third-order valence-electron chi connectivity index (χ3n) is 16.7. The fourth-order valence-electron chi connectivity index (χ4n) is 12.7. The van der Waals surface area contributed by atoms with Gasteiger partial charge in [-0.25, -0.2) is 0 Å². The van der Waals surface area contributed by atoms with Crippen LogP contribution in [0.15, 0.2) is 132 Å². The minimum absolute atomic E-state index is 0.0229. The van der Waals surface area contributed by atoms with Gasteiger partial charge in [0, 0.05) is 49.4 Å². The predicted octanol–water partition coefficient (Wildman–Crippen LogP) is 15.8. The molecule has 0 N–H and O–H groups in total. The van der Waals surface area contributed by atoms with Gasteiger partial charge in [0.15, 0.2) is 5.58 Å². The van der Waals surface area contributed by atoms with Crippen molar-refractivity contribution >= 4 is 85.1 Å². The summed E-state index contributed by atoms with van der Waals surface area (Å²) in [7, 11) is 0. The van der Waals surface area contributed by atoms with Crippen LogP contribution in [-0.2, 0) is 21.7 Å². The van der Waals surface area contributed by atoms with Crippen LogP contribution >= 0.6 is 11.6 Å². The van der Waals surface area contributed by atoms with Gasteiger partial charge < -0.3 is 14.2 Å². The van der Waals surface area contributed by atoms with Gasteiger partial charge in [0.05, 0.1) is 16.9 Å². The molecule has 3 nitrogen and oxygen atoms in total. The molecular weight excluding hydrogens is 835 g/mol. The molecule has 1 fully saturated rings. The van der Waals surface area contributed by atoms with Crippen molar-refractivity contribution in [3.8, 4) is 22.3 Å². The van der Waals surface area contributed by atoms with Crippen molar-refractivity contribution in [2.45, 2.75) is 129 Å². The second-order valence-electron chi connectivity index (χ2n) is 23.8. The fourth-order valence-corrected chi connectivity index (χ4v) is 12.9. The van der Waals surface area contributed by atoms with Crippen molar-refractivity contribution in [3.63, 3.8) is 0 Å². The van der Waals surface area contributed by atoms with Crippen LogP contribution < -0.4 is 26.2 Å². The van der Waals surface area contributed by atoms with Crippen LogP contribution in [0.2, 0.25) is 5.02 Å². The molecular formula is C62H62BClN2O. The molecule has 12 rings (SSSR count). The minimum atomic E-state index is -0.139. The Kier molecular flexibility index (Phi) is 9.02. The third kappa shape index (κ3) is 6.03. The van der Waals surface area contributed by atoms with E-state index in [1.54, 1.807) is 0 Å². The van der Waals surface area contributed by atoms with Gasteiger partial charge in [0.25, 0.3) is 6.71 Å². The summed E-state index contributed by atoms with van der Waals surface area (Å²) in [4.78, 5) is 5.39. The highest BCUT2D eigenvalue weighted by Gasteiger charge is 2.62. The highest BCUT2D eigenvalue weighted by molar-refractivity contribution is 7.00. The van der Waals surface area contributed by atoms with E-state index in [4.69, 9.17) is 16.0 Å². The summed E-state index contributed by atoms with van der Waals surface area (Å²) in [5.74, 6) is 0. The molecule has 8 aromatic rings. The van der Waals surface area contributed by atoms with E-state index < -0.39 is 0 Å². The zero-order valence-electron chi connectivity index (χ0n) is 41.2. The minimum Gasteiger partial charge on any atom is -0.454 e. The molecule has 4 aliphatic rings. The third-order valence-corrected chi connectivity index (χ3v) is 16.9.